The van der Waals surface area contributed by atoms with Gasteiger partial charge < -0.3 is 5.32 Å². The fourth-order valence-corrected chi connectivity index (χ4v) is 1.96. The molecule has 0 radical (unpaired) electrons. The number of hydrogen-bond donors (Lipinski definition) is 1. The van der Waals surface area contributed by atoms with Gasteiger partial charge in [0.15, 0.2) is 0 Å². The van der Waals surface area contributed by atoms with E-state index in [2.05, 4.69) is 23.4 Å². The Balaban J connectivity index is 1.99. The fourth-order valence-electron chi connectivity index (χ4n) is 1.96. The largest absolute Gasteiger partial charge is 0.316 e. The van der Waals surface area contributed by atoms with Crippen LogP contribution in [0.15, 0.2) is 24.3 Å². The van der Waals surface area contributed by atoms with Gasteiger partial charge in [-0.15, -0.1) is 6.42 Å². The summed E-state index contributed by atoms with van der Waals surface area (Å²) < 4.78 is 0. The van der Waals surface area contributed by atoms with Crippen molar-refractivity contribution in [3.63, 3.8) is 0 Å². The van der Waals surface area contributed by atoms with Crippen molar-refractivity contribution in [2.24, 2.45) is 5.92 Å². The molecule has 1 aliphatic rings. The van der Waals surface area contributed by atoms with Crippen molar-refractivity contribution in [3.05, 3.63) is 35.4 Å². The lowest BCUT2D eigenvalue weighted by molar-refractivity contribution is 0.580. The van der Waals surface area contributed by atoms with Crippen molar-refractivity contribution in [2.45, 2.75) is 12.8 Å². The normalized spacial score (nSPS) is 20.6. The first-order valence-electron chi connectivity index (χ1n) is 5.15. The lowest BCUT2D eigenvalue weighted by Gasteiger charge is -2.07. The SMILES string of the molecule is C#Cc1ccc(CC2CCNC2)cc1. The molecule has 0 aliphatic carbocycles. The average Bonchev–Trinajstić information content (AvgIpc) is 2.72. The zero-order chi connectivity index (χ0) is 9.80. The minimum atomic E-state index is 0.812. The van der Waals surface area contributed by atoms with Crippen molar-refractivity contribution in [1.82, 2.24) is 5.32 Å². The van der Waals surface area contributed by atoms with Crippen LogP contribution in [-0.2, 0) is 6.42 Å². The fraction of sp³-hybridized carbons (Fsp3) is 0.385. The van der Waals surface area contributed by atoms with E-state index >= 15 is 0 Å². The molecule has 72 valence electrons. The Hall–Kier alpha value is -1.26. The Bertz CT molecular complexity index is 325. The van der Waals surface area contributed by atoms with Crippen LogP contribution in [0, 0.1) is 18.3 Å². The summed E-state index contributed by atoms with van der Waals surface area (Å²) in [6.45, 7) is 2.34. The van der Waals surface area contributed by atoms with Gasteiger partial charge in [-0.2, -0.15) is 0 Å². The molecule has 1 aromatic rings. The van der Waals surface area contributed by atoms with E-state index in [1.54, 1.807) is 0 Å². The van der Waals surface area contributed by atoms with E-state index in [4.69, 9.17) is 6.42 Å². The minimum Gasteiger partial charge on any atom is -0.316 e. The van der Waals surface area contributed by atoms with Crippen LogP contribution in [0.5, 0.6) is 0 Å². The third kappa shape index (κ3) is 2.16. The number of terminal acetylenes is 1. The first kappa shape index (κ1) is 9.30. The highest BCUT2D eigenvalue weighted by Gasteiger charge is 2.14. The second kappa shape index (κ2) is 4.30. The number of rotatable bonds is 2. The van der Waals surface area contributed by atoms with Crippen LogP contribution in [0.2, 0.25) is 0 Å². The summed E-state index contributed by atoms with van der Waals surface area (Å²) >= 11 is 0. The second-order valence-corrected chi connectivity index (χ2v) is 3.90. The lowest BCUT2D eigenvalue weighted by atomic mass is 9.98. The molecule has 14 heavy (non-hydrogen) atoms. The van der Waals surface area contributed by atoms with Crippen molar-refractivity contribution >= 4 is 0 Å². The van der Waals surface area contributed by atoms with E-state index in [9.17, 15) is 0 Å². The van der Waals surface area contributed by atoms with Crippen molar-refractivity contribution < 1.29 is 0 Å². The highest BCUT2D eigenvalue weighted by atomic mass is 14.9. The maximum atomic E-state index is 5.30. The Morgan fingerprint density at radius 2 is 2.14 bits per heavy atom. The van der Waals surface area contributed by atoms with Gasteiger partial charge in [0.2, 0.25) is 0 Å². The van der Waals surface area contributed by atoms with Gasteiger partial charge in [-0.25, -0.2) is 0 Å². The average molecular weight is 185 g/mol. The Morgan fingerprint density at radius 3 is 2.71 bits per heavy atom. The lowest BCUT2D eigenvalue weighted by Crippen LogP contribution is -2.10. The van der Waals surface area contributed by atoms with Crippen LogP contribution in [-0.4, -0.2) is 13.1 Å². The smallest absolute Gasteiger partial charge is 0.0242 e. The maximum Gasteiger partial charge on any atom is 0.0242 e. The summed E-state index contributed by atoms with van der Waals surface area (Å²) in [6.07, 6.45) is 7.78. The molecule has 1 heteroatoms. The Kier molecular flexibility index (Phi) is 2.86. The molecular weight excluding hydrogens is 170 g/mol. The van der Waals surface area contributed by atoms with Crippen LogP contribution in [0.4, 0.5) is 0 Å². The zero-order valence-corrected chi connectivity index (χ0v) is 8.29. The van der Waals surface area contributed by atoms with Crippen LogP contribution >= 0.6 is 0 Å². The number of benzene rings is 1. The summed E-state index contributed by atoms with van der Waals surface area (Å²) in [6, 6.07) is 8.34. The van der Waals surface area contributed by atoms with Crippen molar-refractivity contribution in [3.8, 4) is 12.3 Å². The molecule has 1 unspecified atom stereocenters. The third-order valence-corrected chi connectivity index (χ3v) is 2.81. The van der Waals surface area contributed by atoms with Crippen LogP contribution < -0.4 is 5.32 Å². The molecule has 1 fully saturated rings. The molecule has 0 saturated carbocycles. The first-order valence-corrected chi connectivity index (χ1v) is 5.15. The molecule has 1 nitrogen and oxygen atoms in total. The number of nitrogens with one attached hydrogen (secondary N) is 1. The van der Waals surface area contributed by atoms with Gasteiger partial charge >= 0.3 is 0 Å². The zero-order valence-electron chi connectivity index (χ0n) is 8.29. The minimum absolute atomic E-state index is 0.812. The molecular formula is C13H15N. The monoisotopic (exact) mass is 185 g/mol. The second-order valence-electron chi connectivity index (χ2n) is 3.90. The predicted octanol–water partition coefficient (Wildman–Crippen LogP) is 1.82. The van der Waals surface area contributed by atoms with Crippen molar-refractivity contribution in [1.29, 1.82) is 0 Å². The van der Waals surface area contributed by atoms with Crippen LogP contribution in [0.1, 0.15) is 17.5 Å². The van der Waals surface area contributed by atoms with E-state index in [0.717, 1.165) is 18.0 Å². The molecule has 1 aliphatic heterocycles. The quantitative estimate of drug-likeness (QED) is 0.693. The van der Waals surface area contributed by atoms with Gasteiger partial charge in [-0.1, -0.05) is 18.1 Å². The van der Waals surface area contributed by atoms with E-state index in [1.165, 1.54) is 24.9 Å². The molecule has 1 saturated heterocycles. The molecule has 1 aromatic carbocycles. The predicted molar refractivity (Wildman–Crippen MR) is 59.1 cm³/mol. The summed E-state index contributed by atoms with van der Waals surface area (Å²) in [7, 11) is 0. The first-order chi connectivity index (χ1) is 6.88. The van der Waals surface area contributed by atoms with Gasteiger partial charge in [0.1, 0.15) is 0 Å². The van der Waals surface area contributed by atoms with Gasteiger partial charge in [0.25, 0.3) is 0 Å². The van der Waals surface area contributed by atoms with E-state index in [-0.39, 0.29) is 0 Å². The molecule has 0 aromatic heterocycles. The van der Waals surface area contributed by atoms with Gasteiger partial charge in [-0.3, -0.25) is 0 Å². The maximum absolute atomic E-state index is 5.30. The highest BCUT2D eigenvalue weighted by Crippen LogP contribution is 2.15. The highest BCUT2D eigenvalue weighted by molar-refractivity contribution is 5.34. The van der Waals surface area contributed by atoms with E-state index < -0.39 is 0 Å². The van der Waals surface area contributed by atoms with E-state index in [0.29, 0.717) is 0 Å². The Labute approximate surface area is 85.5 Å². The van der Waals surface area contributed by atoms with Crippen molar-refractivity contribution in [2.75, 3.05) is 13.1 Å². The summed E-state index contributed by atoms with van der Waals surface area (Å²) in [5, 5.41) is 3.38. The molecule has 1 heterocycles. The van der Waals surface area contributed by atoms with Gasteiger partial charge in [-0.05, 0) is 49.5 Å². The topological polar surface area (TPSA) is 12.0 Å². The molecule has 0 bridgehead atoms. The van der Waals surface area contributed by atoms with E-state index in [1.807, 2.05) is 12.1 Å². The summed E-state index contributed by atoms with van der Waals surface area (Å²) in [4.78, 5) is 0. The standard InChI is InChI=1S/C13H15N/c1-2-11-3-5-12(6-4-11)9-13-7-8-14-10-13/h1,3-6,13-14H,7-10H2. The molecule has 1 atom stereocenters. The van der Waals surface area contributed by atoms with Crippen LogP contribution in [0.25, 0.3) is 0 Å². The van der Waals surface area contributed by atoms with Gasteiger partial charge in [0, 0.05) is 5.56 Å². The molecule has 2 rings (SSSR count). The number of hydrogen-bond acceptors (Lipinski definition) is 1. The third-order valence-electron chi connectivity index (χ3n) is 2.81. The van der Waals surface area contributed by atoms with Crippen LogP contribution in [0.3, 0.4) is 0 Å². The molecule has 0 amide bonds. The molecule has 1 N–H and O–H groups in total. The van der Waals surface area contributed by atoms with Gasteiger partial charge in [0.05, 0.1) is 0 Å². The summed E-state index contributed by atoms with van der Waals surface area (Å²) in [5.74, 6) is 3.45. The Morgan fingerprint density at radius 1 is 1.36 bits per heavy atom. The summed E-state index contributed by atoms with van der Waals surface area (Å²) in [5.41, 5.74) is 2.37. The molecule has 0 spiro atoms.